The molecule has 3 rings (SSSR count). The molecule has 2 heterocycles. The number of hydrogen-bond donors (Lipinski definition) is 1. The van der Waals surface area contributed by atoms with Crippen LogP contribution in [0.25, 0.3) is 0 Å². The summed E-state index contributed by atoms with van der Waals surface area (Å²) in [4.78, 5) is 14.4. The van der Waals surface area contributed by atoms with Gasteiger partial charge in [-0.2, -0.15) is 0 Å². The van der Waals surface area contributed by atoms with E-state index in [9.17, 15) is 4.79 Å². The van der Waals surface area contributed by atoms with Crippen LogP contribution >= 0.6 is 0 Å². The molecule has 0 aromatic heterocycles. The van der Waals surface area contributed by atoms with Crippen molar-refractivity contribution in [3.8, 4) is 11.5 Å². The van der Waals surface area contributed by atoms with E-state index in [4.69, 9.17) is 18.8 Å². The van der Waals surface area contributed by atoms with Gasteiger partial charge in [-0.1, -0.05) is 6.07 Å². The third-order valence-electron chi connectivity index (χ3n) is 5.83. The van der Waals surface area contributed by atoms with Crippen LogP contribution < -0.4 is 20.3 Å². The molecule has 0 radical (unpaired) electrons. The second kappa shape index (κ2) is 7.93. The number of likely N-dealkylation sites (N-methyl/N-ethyl adjacent to an activating group) is 1. The number of methoxy groups -OCH3 is 1. The topological polar surface area (TPSA) is 69.3 Å². The number of carbonyl (C=O) groups is 1. The SMILES string of the molecule is COc1cc(B2OC(C)(C)C(C)(C)O2)ccc1OCC(=O)NC1CCN(C)C1. The third kappa shape index (κ3) is 4.45. The molecule has 7 nitrogen and oxygen atoms in total. The molecule has 0 spiro atoms. The summed E-state index contributed by atoms with van der Waals surface area (Å²) in [6.07, 6.45) is 0.967. The molecule has 1 aromatic carbocycles. The van der Waals surface area contributed by atoms with Gasteiger partial charge in [0.15, 0.2) is 18.1 Å². The van der Waals surface area contributed by atoms with E-state index in [1.165, 1.54) is 0 Å². The van der Waals surface area contributed by atoms with Gasteiger partial charge < -0.3 is 29.0 Å². The summed E-state index contributed by atoms with van der Waals surface area (Å²) in [7, 11) is 3.15. The Morgan fingerprint density at radius 1 is 1.25 bits per heavy atom. The van der Waals surface area contributed by atoms with Crippen LogP contribution in [0, 0.1) is 0 Å². The molecular weight excluding hydrogens is 359 g/mol. The number of carbonyl (C=O) groups excluding carboxylic acids is 1. The monoisotopic (exact) mass is 390 g/mol. The molecule has 154 valence electrons. The van der Waals surface area contributed by atoms with E-state index < -0.39 is 18.3 Å². The number of hydrogen-bond acceptors (Lipinski definition) is 6. The molecule has 2 aliphatic rings. The highest BCUT2D eigenvalue weighted by molar-refractivity contribution is 6.62. The molecule has 1 atom stereocenters. The van der Waals surface area contributed by atoms with Crippen LogP contribution in [0.3, 0.4) is 0 Å². The number of benzene rings is 1. The Labute approximate surface area is 167 Å². The number of ether oxygens (including phenoxy) is 2. The molecule has 2 fully saturated rings. The van der Waals surface area contributed by atoms with Crippen molar-refractivity contribution in [3.63, 3.8) is 0 Å². The van der Waals surface area contributed by atoms with Crippen molar-refractivity contribution in [2.24, 2.45) is 0 Å². The molecule has 0 aliphatic carbocycles. The van der Waals surface area contributed by atoms with Gasteiger partial charge in [0.05, 0.1) is 18.3 Å². The number of nitrogens with one attached hydrogen (secondary N) is 1. The van der Waals surface area contributed by atoms with E-state index in [0.717, 1.165) is 25.0 Å². The van der Waals surface area contributed by atoms with Gasteiger partial charge in [-0.05, 0) is 65.3 Å². The van der Waals surface area contributed by atoms with Crippen LogP contribution in [0.5, 0.6) is 11.5 Å². The lowest BCUT2D eigenvalue weighted by atomic mass is 9.79. The maximum absolute atomic E-state index is 12.2. The highest BCUT2D eigenvalue weighted by Crippen LogP contribution is 2.37. The fourth-order valence-electron chi connectivity index (χ4n) is 3.39. The second-order valence-corrected chi connectivity index (χ2v) is 8.60. The van der Waals surface area contributed by atoms with Gasteiger partial charge in [0, 0.05) is 12.6 Å². The molecule has 1 aromatic rings. The largest absolute Gasteiger partial charge is 0.494 e. The minimum atomic E-state index is -0.476. The lowest BCUT2D eigenvalue weighted by molar-refractivity contribution is -0.123. The first-order chi connectivity index (χ1) is 13.1. The van der Waals surface area contributed by atoms with Gasteiger partial charge in [0.25, 0.3) is 5.91 Å². The van der Waals surface area contributed by atoms with Gasteiger partial charge in [-0.15, -0.1) is 0 Å². The fourth-order valence-corrected chi connectivity index (χ4v) is 3.39. The van der Waals surface area contributed by atoms with Gasteiger partial charge in [0.2, 0.25) is 0 Å². The zero-order valence-corrected chi connectivity index (χ0v) is 17.7. The third-order valence-corrected chi connectivity index (χ3v) is 5.83. The first-order valence-electron chi connectivity index (χ1n) is 9.75. The molecule has 0 saturated carbocycles. The highest BCUT2D eigenvalue weighted by Gasteiger charge is 2.51. The summed E-state index contributed by atoms with van der Waals surface area (Å²) < 4.78 is 23.3. The van der Waals surface area contributed by atoms with Gasteiger partial charge in [-0.3, -0.25) is 4.79 Å². The number of nitrogens with zero attached hydrogens (tertiary/aromatic N) is 1. The van der Waals surface area contributed by atoms with Crippen LogP contribution in [0.4, 0.5) is 0 Å². The van der Waals surface area contributed by atoms with Gasteiger partial charge >= 0.3 is 7.12 Å². The summed E-state index contributed by atoms with van der Waals surface area (Å²) in [5.74, 6) is 0.930. The Morgan fingerprint density at radius 2 is 1.93 bits per heavy atom. The van der Waals surface area contributed by atoms with Gasteiger partial charge in [-0.25, -0.2) is 0 Å². The normalized spacial score (nSPS) is 23.6. The minimum absolute atomic E-state index is 0.0492. The summed E-state index contributed by atoms with van der Waals surface area (Å²) in [5.41, 5.74) is 0.0279. The maximum Gasteiger partial charge on any atom is 0.494 e. The van der Waals surface area contributed by atoms with E-state index in [0.29, 0.717) is 11.5 Å². The van der Waals surface area contributed by atoms with E-state index in [-0.39, 0.29) is 18.6 Å². The quantitative estimate of drug-likeness (QED) is 0.737. The van der Waals surface area contributed by atoms with Gasteiger partial charge in [0.1, 0.15) is 0 Å². The molecule has 28 heavy (non-hydrogen) atoms. The number of amides is 1. The van der Waals surface area contributed by atoms with Crippen molar-refractivity contribution in [2.75, 3.05) is 33.9 Å². The van der Waals surface area contributed by atoms with Crippen LogP contribution in [0.15, 0.2) is 18.2 Å². The Bertz CT molecular complexity index is 709. The van der Waals surface area contributed by atoms with E-state index >= 15 is 0 Å². The molecule has 1 N–H and O–H groups in total. The van der Waals surface area contributed by atoms with Crippen LogP contribution in [0.2, 0.25) is 0 Å². The fraction of sp³-hybridized carbons (Fsp3) is 0.650. The Morgan fingerprint density at radius 3 is 2.50 bits per heavy atom. The van der Waals surface area contributed by atoms with Crippen molar-refractivity contribution in [2.45, 2.75) is 51.4 Å². The lowest BCUT2D eigenvalue weighted by Crippen LogP contribution is -2.41. The average molecular weight is 390 g/mol. The summed E-state index contributed by atoms with van der Waals surface area (Å²) >= 11 is 0. The van der Waals surface area contributed by atoms with E-state index in [1.54, 1.807) is 13.2 Å². The lowest BCUT2D eigenvalue weighted by Gasteiger charge is -2.32. The second-order valence-electron chi connectivity index (χ2n) is 8.60. The van der Waals surface area contributed by atoms with Crippen molar-refractivity contribution < 1.29 is 23.6 Å². The first kappa shape index (κ1) is 21.0. The zero-order valence-electron chi connectivity index (χ0n) is 17.7. The molecule has 1 unspecified atom stereocenters. The smallest absolute Gasteiger partial charge is 0.493 e. The molecule has 0 bridgehead atoms. The Hall–Kier alpha value is -1.77. The molecule has 2 aliphatic heterocycles. The molecular formula is C20H31BN2O5. The van der Waals surface area contributed by atoms with Crippen LogP contribution in [-0.4, -0.2) is 69.0 Å². The summed E-state index contributed by atoms with van der Waals surface area (Å²) in [6.45, 7) is 9.89. The predicted octanol–water partition coefficient (Wildman–Crippen LogP) is 1.19. The Kier molecular flexibility index (Phi) is 5.93. The highest BCUT2D eigenvalue weighted by atomic mass is 16.7. The predicted molar refractivity (Wildman–Crippen MR) is 108 cm³/mol. The van der Waals surface area contributed by atoms with E-state index in [2.05, 4.69) is 17.3 Å². The van der Waals surface area contributed by atoms with Crippen molar-refractivity contribution in [3.05, 3.63) is 18.2 Å². The van der Waals surface area contributed by atoms with Crippen molar-refractivity contribution >= 4 is 18.5 Å². The summed E-state index contributed by atoms with van der Waals surface area (Å²) in [5, 5.41) is 3.00. The Balaban J connectivity index is 1.61. The van der Waals surface area contributed by atoms with Crippen LogP contribution in [-0.2, 0) is 14.1 Å². The molecule has 2 saturated heterocycles. The minimum Gasteiger partial charge on any atom is -0.493 e. The standard InChI is InChI=1S/C20H31BN2O5/c1-19(2)20(3,4)28-21(27-19)14-7-8-16(17(11-14)25-6)26-13-18(24)22-15-9-10-23(5)12-15/h7-8,11,15H,9-10,12-13H2,1-6H3,(H,22,24). The maximum atomic E-state index is 12.2. The van der Waals surface area contributed by atoms with Crippen molar-refractivity contribution in [1.29, 1.82) is 0 Å². The van der Waals surface area contributed by atoms with Crippen molar-refractivity contribution in [1.82, 2.24) is 10.2 Å². The zero-order chi connectivity index (χ0) is 20.5. The van der Waals surface area contributed by atoms with E-state index in [1.807, 2.05) is 39.8 Å². The summed E-state index contributed by atoms with van der Waals surface area (Å²) in [6, 6.07) is 5.69. The average Bonchev–Trinajstić information content (AvgIpc) is 3.12. The number of likely N-dealkylation sites (tertiary alicyclic amines) is 1. The molecule has 1 amide bonds. The van der Waals surface area contributed by atoms with Crippen LogP contribution in [0.1, 0.15) is 34.1 Å². The number of rotatable bonds is 6. The molecule has 8 heteroatoms. The first-order valence-corrected chi connectivity index (χ1v) is 9.75.